The highest BCUT2D eigenvalue weighted by atomic mass is 14.7. The van der Waals surface area contributed by atoms with Gasteiger partial charge in [0.05, 0.1) is 0 Å². The van der Waals surface area contributed by atoms with Crippen LogP contribution >= 0.6 is 0 Å². The maximum absolute atomic E-state index is 6.18. The molecular weight excluding hydrogens is 172 g/mol. The monoisotopic (exact) mass is 190 g/mol. The summed E-state index contributed by atoms with van der Waals surface area (Å²) in [6, 6.07) is 4.43. The molecule has 0 bridgehead atoms. The molecule has 1 atom stereocenters. The summed E-state index contributed by atoms with van der Waals surface area (Å²) in [4.78, 5) is 4.11. The Morgan fingerprint density at radius 3 is 2.86 bits per heavy atom. The van der Waals surface area contributed by atoms with Gasteiger partial charge in [0.15, 0.2) is 0 Å². The van der Waals surface area contributed by atoms with Crippen molar-refractivity contribution in [2.45, 2.75) is 38.1 Å². The lowest BCUT2D eigenvalue weighted by molar-refractivity contribution is 0.429. The topological polar surface area (TPSA) is 38.9 Å². The van der Waals surface area contributed by atoms with Gasteiger partial charge in [-0.25, -0.2) is 0 Å². The Hall–Kier alpha value is -0.890. The summed E-state index contributed by atoms with van der Waals surface area (Å²) in [6.07, 6.45) is 10.1. The van der Waals surface area contributed by atoms with Crippen LogP contribution in [0.1, 0.15) is 31.2 Å². The number of hydrogen-bond donors (Lipinski definition) is 1. The van der Waals surface area contributed by atoms with Crippen molar-refractivity contribution < 1.29 is 0 Å². The molecule has 1 aliphatic carbocycles. The minimum Gasteiger partial charge on any atom is -0.327 e. The third-order valence-electron chi connectivity index (χ3n) is 3.20. The second kappa shape index (κ2) is 4.56. The zero-order valence-electron chi connectivity index (χ0n) is 8.52. The minimum atomic E-state index is 0.335. The van der Waals surface area contributed by atoms with Crippen molar-refractivity contribution in [3.05, 3.63) is 30.1 Å². The molecule has 2 nitrogen and oxygen atoms in total. The van der Waals surface area contributed by atoms with E-state index < -0.39 is 0 Å². The van der Waals surface area contributed by atoms with E-state index in [0.29, 0.717) is 6.04 Å². The number of aromatic nitrogens is 1. The fourth-order valence-corrected chi connectivity index (χ4v) is 2.34. The number of pyridine rings is 1. The Morgan fingerprint density at radius 2 is 2.21 bits per heavy atom. The summed E-state index contributed by atoms with van der Waals surface area (Å²) in [5.41, 5.74) is 7.45. The molecule has 14 heavy (non-hydrogen) atoms. The third-order valence-corrected chi connectivity index (χ3v) is 3.20. The van der Waals surface area contributed by atoms with Crippen LogP contribution in [0.4, 0.5) is 0 Å². The van der Waals surface area contributed by atoms with Gasteiger partial charge < -0.3 is 5.73 Å². The molecule has 0 unspecified atom stereocenters. The van der Waals surface area contributed by atoms with Crippen LogP contribution in [-0.4, -0.2) is 11.0 Å². The van der Waals surface area contributed by atoms with E-state index in [1.165, 1.54) is 31.2 Å². The zero-order chi connectivity index (χ0) is 9.80. The van der Waals surface area contributed by atoms with Crippen molar-refractivity contribution in [3.63, 3.8) is 0 Å². The third kappa shape index (κ3) is 2.32. The first kappa shape index (κ1) is 9.66. The molecule has 0 aromatic carbocycles. The van der Waals surface area contributed by atoms with E-state index in [1.54, 1.807) is 0 Å². The van der Waals surface area contributed by atoms with Gasteiger partial charge in [0.1, 0.15) is 0 Å². The number of rotatable bonds is 3. The molecule has 1 heterocycles. The van der Waals surface area contributed by atoms with E-state index in [-0.39, 0.29) is 0 Å². The van der Waals surface area contributed by atoms with Crippen molar-refractivity contribution in [1.82, 2.24) is 4.98 Å². The van der Waals surface area contributed by atoms with Gasteiger partial charge in [0.2, 0.25) is 0 Å². The first-order valence-corrected chi connectivity index (χ1v) is 5.51. The van der Waals surface area contributed by atoms with Crippen LogP contribution in [0.5, 0.6) is 0 Å². The molecule has 1 aliphatic rings. The summed E-state index contributed by atoms with van der Waals surface area (Å²) in [7, 11) is 0. The van der Waals surface area contributed by atoms with Gasteiger partial charge in [0.25, 0.3) is 0 Å². The Bertz CT molecular complexity index is 265. The fourth-order valence-electron chi connectivity index (χ4n) is 2.34. The lowest BCUT2D eigenvalue weighted by atomic mass is 9.94. The summed E-state index contributed by atoms with van der Waals surface area (Å²) < 4.78 is 0. The quantitative estimate of drug-likeness (QED) is 0.793. The van der Waals surface area contributed by atoms with Crippen LogP contribution in [0.3, 0.4) is 0 Å². The van der Waals surface area contributed by atoms with Gasteiger partial charge in [-0.2, -0.15) is 0 Å². The average molecular weight is 190 g/mol. The largest absolute Gasteiger partial charge is 0.327 e. The highest BCUT2D eigenvalue weighted by Crippen LogP contribution is 2.27. The summed E-state index contributed by atoms with van der Waals surface area (Å²) in [6.45, 7) is 0. The zero-order valence-corrected chi connectivity index (χ0v) is 8.52. The van der Waals surface area contributed by atoms with Gasteiger partial charge in [-0.05, 0) is 36.8 Å². The van der Waals surface area contributed by atoms with Gasteiger partial charge in [-0.3, -0.25) is 4.98 Å². The first-order chi connectivity index (χ1) is 6.86. The SMILES string of the molecule is N[C@H](Cc1cccnc1)C1CCCC1. The molecule has 0 saturated heterocycles. The van der Waals surface area contributed by atoms with Crippen molar-refractivity contribution >= 4 is 0 Å². The normalized spacial score (nSPS) is 19.8. The van der Waals surface area contributed by atoms with Gasteiger partial charge in [-0.15, -0.1) is 0 Å². The summed E-state index contributed by atoms with van der Waals surface area (Å²) >= 11 is 0. The van der Waals surface area contributed by atoms with Crippen molar-refractivity contribution in [2.75, 3.05) is 0 Å². The molecule has 0 aliphatic heterocycles. The summed E-state index contributed by atoms with van der Waals surface area (Å²) in [5.74, 6) is 0.746. The average Bonchev–Trinajstić information content (AvgIpc) is 2.72. The number of hydrogen-bond acceptors (Lipinski definition) is 2. The van der Waals surface area contributed by atoms with E-state index in [1.807, 2.05) is 18.5 Å². The van der Waals surface area contributed by atoms with Crippen molar-refractivity contribution in [1.29, 1.82) is 0 Å². The van der Waals surface area contributed by atoms with Crippen LogP contribution in [0, 0.1) is 5.92 Å². The van der Waals surface area contributed by atoms with Crippen LogP contribution in [0.15, 0.2) is 24.5 Å². The molecule has 0 amide bonds. The lowest BCUT2D eigenvalue weighted by Crippen LogP contribution is -2.30. The molecule has 0 spiro atoms. The molecule has 0 radical (unpaired) electrons. The molecule has 2 N–H and O–H groups in total. The molecule has 1 aromatic rings. The smallest absolute Gasteiger partial charge is 0.0300 e. The van der Waals surface area contributed by atoms with Crippen LogP contribution in [-0.2, 0) is 6.42 Å². The molecule has 2 rings (SSSR count). The van der Waals surface area contributed by atoms with Gasteiger partial charge in [0, 0.05) is 18.4 Å². The molecule has 1 aromatic heterocycles. The summed E-state index contributed by atoms with van der Waals surface area (Å²) in [5, 5.41) is 0. The predicted molar refractivity (Wildman–Crippen MR) is 57.9 cm³/mol. The molecule has 2 heteroatoms. The molecular formula is C12H18N2. The highest BCUT2D eigenvalue weighted by molar-refractivity contribution is 5.10. The van der Waals surface area contributed by atoms with Crippen LogP contribution in [0.2, 0.25) is 0 Å². The minimum absolute atomic E-state index is 0.335. The van der Waals surface area contributed by atoms with E-state index in [0.717, 1.165) is 12.3 Å². The number of nitrogens with two attached hydrogens (primary N) is 1. The second-order valence-electron chi connectivity index (χ2n) is 4.27. The Labute approximate surface area is 85.5 Å². The van der Waals surface area contributed by atoms with Gasteiger partial charge >= 0.3 is 0 Å². The first-order valence-electron chi connectivity index (χ1n) is 5.51. The van der Waals surface area contributed by atoms with E-state index in [4.69, 9.17) is 5.73 Å². The number of nitrogens with zero attached hydrogens (tertiary/aromatic N) is 1. The second-order valence-corrected chi connectivity index (χ2v) is 4.27. The lowest BCUT2D eigenvalue weighted by Gasteiger charge is -2.18. The molecule has 76 valence electrons. The van der Waals surface area contributed by atoms with E-state index >= 15 is 0 Å². The molecule has 1 fully saturated rings. The highest BCUT2D eigenvalue weighted by Gasteiger charge is 2.21. The van der Waals surface area contributed by atoms with Crippen LogP contribution < -0.4 is 5.73 Å². The molecule has 1 saturated carbocycles. The van der Waals surface area contributed by atoms with Crippen molar-refractivity contribution in [2.24, 2.45) is 11.7 Å². The maximum Gasteiger partial charge on any atom is 0.0300 e. The Balaban J connectivity index is 1.90. The fraction of sp³-hybridized carbons (Fsp3) is 0.583. The Morgan fingerprint density at radius 1 is 1.43 bits per heavy atom. The van der Waals surface area contributed by atoms with Crippen molar-refractivity contribution in [3.8, 4) is 0 Å². The Kier molecular flexibility index (Phi) is 3.14. The van der Waals surface area contributed by atoms with Crippen LogP contribution in [0.25, 0.3) is 0 Å². The maximum atomic E-state index is 6.18. The van der Waals surface area contributed by atoms with E-state index in [2.05, 4.69) is 11.1 Å². The predicted octanol–water partition coefficient (Wildman–Crippen LogP) is 2.14. The van der Waals surface area contributed by atoms with Gasteiger partial charge in [-0.1, -0.05) is 18.9 Å². The standard InChI is InChI=1S/C12H18N2/c13-12(11-5-1-2-6-11)8-10-4-3-7-14-9-10/h3-4,7,9,11-12H,1-2,5-6,8,13H2/t12-/m1/s1. The van der Waals surface area contributed by atoms with E-state index in [9.17, 15) is 0 Å².